The zero-order chi connectivity index (χ0) is 21.2. The highest BCUT2D eigenvalue weighted by Gasteiger charge is 2.21. The number of aliphatic hydroxyl groups is 1. The van der Waals surface area contributed by atoms with Crippen molar-refractivity contribution in [3.05, 3.63) is 59.7 Å². The smallest absolute Gasteiger partial charge is 0.123 e. The van der Waals surface area contributed by atoms with Crippen LogP contribution in [0.25, 0.3) is 0 Å². The van der Waals surface area contributed by atoms with E-state index in [4.69, 9.17) is 14.6 Å². The lowest BCUT2D eigenvalue weighted by atomic mass is 9.96. The molecule has 1 unspecified atom stereocenters. The highest BCUT2D eigenvalue weighted by atomic mass is 16.5. The van der Waals surface area contributed by atoms with E-state index in [-0.39, 0.29) is 6.61 Å². The van der Waals surface area contributed by atoms with Crippen LogP contribution in [0, 0.1) is 5.92 Å². The van der Waals surface area contributed by atoms with E-state index in [0.717, 1.165) is 44.1 Å². The third kappa shape index (κ3) is 6.73. The predicted octanol–water partition coefficient (Wildman–Crippen LogP) is 3.45. The van der Waals surface area contributed by atoms with Gasteiger partial charge < -0.3 is 24.4 Å². The third-order valence-corrected chi connectivity index (χ3v) is 5.82. The topological polar surface area (TPSA) is 45.2 Å². The van der Waals surface area contributed by atoms with E-state index < -0.39 is 0 Å². The van der Waals surface area contributed by atoms with Gasteiger partial charge in [0.1, 0.15) is 18.1 Å². The number of hydrogen-bond donors (Lipinski definition) is 1. The van der Waals surface area contributed by atoms with Crippen LogP contribution in [0.1, 0.15) is 24.0 Å². The second-order valence-corrected chi connectivity index (χ2v) is 8.25. The average molecular weight is 413 g/mol. The quantitative estimate of drug-likeness (QED) is 0.612. The van der Waals surface area contributed by atoms with Crippen molar-refractivity contribution in [3.63, 3.8) is 0 Å². The number of rotatable bonds is 11. The van der Waals surface area contributed by atoms with Gasteiger partial charge in [0.25, 0.3) is 0 Å². The van der Waals surface area contributed by atoms with E-state index in [1.54, 1.807) is 7.11 Å². The van der Waals surface area contributed by atoms with Gasteiger partial charge in [0, 0.05) is 31.7 Å². The fraction of sp³-hybridized carbons (Fsp3) is 0.520. The summed E-state index contributed by atoms with van der Waals surface area (Å²) in [4.78, 5) is 5.00. The minimum atomic E-state index is 0.0386. The molecule has 0 saturated carbocycles. The summed E-state index contributed by atoms with van der Waals surface area (Å²) in [6, 6.07) is 16.5. The number of likely N-dealkylation sites (tertiary alicyclic amines) is 1. The van der Waals surface area contributed by atoms with Crippen LogP contribution in [0.4, 0.5) is 0 Å². The molecule has 1 fully saturated rings. The van der Waals surface area contributed by atoms with Gasteiger partial charge in [-0.05, 0) is 56.5 Å². The summed E-state index contributed by atoms with van der Waals surface area (Å²) in [6.45, 7) is 5.74. The first-order valence-corrected chi connectivity index (χ1v) is 11.0. The second-order valence-electron chi connectivity index (χ2n) is 8.25. The van der Waals surface area contributed by atoms with Crippen molar-refractivity contribution in [1.82, 2.24) is 9.80 Å². The number of hydrogen-bond acceptors (Lipinski definition) is 5. The molecule has 2 aromatic rings. The molecular formula is C25H36N2O3. The van der Waals surface area contributed by atoms with E-state index in [1.807, 2.05) is 24.3 Å². The number of methoxy groups -OCH3 is 1. The molecule has 0 aliphatic carbocycles. The predicted molar refractivity (Wildman–Crippen MR) is 121 cm³/mol. The van der Waals surface area contributed by atoms with Gasteiger partial charge in [-0.15, -0.1) is 0 Å². The highest BCUT2D eigenvalue weighted by molar-refractivity contribution is 5.34. The molecular weight excluding hydrogens is 376 g/mol. The molecule has 1 atom stereocenters. The summed E-state index contributed by atoms with van der Waals surface area (Å²) in [5, 5.41) is 9.04. The lowest BCUT2D eigenvalue weighted by Gasteiger charge is -2.35. The lowest BCUT2D eigenvalue weighted by Crippen LogP contribution is -2.40. The molecule has 0 amide bonds. The van der Waals surface area contributed by atoms with E-state index >= 15 is 0 Å². The minimum absolute atomic E-state index is 0.0386. The van der Waals surface area contributed by atoms with Gasteiger partial charge in [-0.3, -0.25) is 0 Å². The normalized spacial score (nSPS) is 17.3. The van der Waals surface area contributed by atoms with Crippen LogP contribution in [0.3, 0.4) is 0 Å². The van der Waals surface area contributed by atoms with Crippen molar-refractivity contribution in [3.8, 4) is 11.5 Å². The van der Waals surface area contributed by atoms with E-state index in [1.165, 1.54) is 30.5 Å². The number of para-hydroxylation sites is 2. The van der Waals surface area contributed by atoms with Gasteiger partial charge >= 0.3 is 0 Å². The van der Waals surface area contributed by atoms with Crippen molar-refractivity contribution >= 4 is 0 Å². The van der Waals surface area contributed by atoms with Crippen molar-refractivity contribution in [2.24, 2.45) is 5.92 Å². The van der Waals surface area contributed by atoms with Crippen molar-refractivity contribution in [2.75, 3.05) is 53.6 Å². The average Bonchev–Trinajstić information content (AvgIpc) is 2.77. The maximum absolute atomic E-state index is 9.04. The first-order valence-electron chi connectivity index (χ1n) is 11.0. The molecule has 1 N–H and O–H groups in total. The molecule has 5 nitrogen and oxygen atoms in total. The molecule has 1 saturated heterocycles. The molecule has 164 valence electrons. The Labute approximate surface area is 181 Å². The summed E-state index contributed by atoms with van der Waals surface area (Å²) < 4.78 is 11.2. The van der Waals surface area contributed by atoms with Gasteiger partial charge in [-0.25, -0.2) is 0 Å². The number of ether oxygens (including phenoxy) is 2. The molecule has 0 spiro atoms. The Hall–Kier alpha value is -2.08. The molecule has 1 heterocycles. The molecule has 2 aromatic carbocycles. The van der Waals surface area contributed by atoms with Crippen molar-refractivity contribution in [1.29, 1.82) is 0 Å². The molecule has 1 aliphatic rings. The Kier molecular flexibility index (Phi) is 9.00. The van der Waals surface area contributed by atoms with Gasteiger partial charge in [0.15, 0.2) is 0 Å². The van der Waals surface area contributed by atoms with Crippen LogP contribution in [-0.4, -0.2) is 68.5 Å². The van der Waals surface area contributed by atoms with Crippen LogP contribution in [0.5, 0.6) is 11.5 Å². The van der Waals surface area contributed by atoms with Gasteiger partial charge in [0.2, 0.25) is 0 Å². The van der Waals surface area contributed by atoms with Gasteiger partial charge in [0.05, 0.1) is 13.7 Å². The second kappa shape index (κ2) is 11.9. The summed E-state index contributed by atoms with van der Waals surface area (Å²) in [5.74, 6) is 2.56. The Morgan fingerprint density at radius 1 is 1.07 bits per heavy atom. The SMILES string of the molecule is COc1ccccc1CCN1CCCC(CN(C)Cc2ccccc2OCCO)C1. The summed E-state index contributed by atoms with van der Waals surface area (Å²) in [5.41, 5.74) is 2.47. The fourth-order valence-electron chi connectivity index (χ4n) is 4.42. The molecule has 0 radical (unpaired) electrons. The minimum Gasteiger partial charge on any atom is -0.496 e. The van der Waals surface area contributed by atoms with Crippen LogP contribution in [-0.2, 0) is 13.0 Å². The Bertz CT molecular complexity index is 768. The largest absolute Gasteiger partial charge is 0.496 e. The monoisotopic (exact) mass is 412 g/mol. The third-order valence-electron chi connectivity index (χ3n) is 5.82. The van der Waals surface area contributed by atoms with Gasteiger partial charge in [-0.2, -0.15) is 0 Å². The molecule has 0 bridgehead atoms. The Morgan fingerprint density at radius 2 is 1.80 bits per heavy atom. The van der Waals surface area contributed by atoms with Crippen LogP contribution in [0.15, 0.2) is 48.5 Å². The lowest BCUT2D eigenvalue weighted by molar-refractivity contribution is 0.141. The number of benzene rings is 2. The fourth-order valence-corrected chi connectivity index (χ4v) is 4.42. The molecule has 0 aromatic heterocycles. The maximum atomic E-state index is 9.04. The first kappa shape index (κ1) is 22.6. The first-order chi connectivity index (χ1) is 14.7. The van der Waals surface area contributed by atoms with E-state index in [0.29, 0.717) is 12.5 Å². The Balaban J connectivity index is 1.49. The maximum Gasteiger partial charge on any atom is 0.123 e. The van der Waals surface area contributed by atoms with E-state index in [2.05, 4.69) is 41.1 Å². The van der Waals surface area contributed by atoms with Crippen LogP contribution in [0.2, 0.25) is 0 Å². The summed E-state index contributed by atoms with van der Waals surface area (Å²) >= 11 is 0. The molecule has 5 heteroatoms. The van der Waals surface area contributed by atoms with Crippen molar-refractivity contribution < 1.29 is 14.6 Å². The number of piperidine rings is 1. The molecule has 1 aliphatic heterocycles. The Morgan fingerprint density at radius 3 is 2.57 bits per heavy atom. The number of aliphatic hydroxyl groups excluding tert-OH is 1. The number of nitrogens with zero attached hydrogens (tertiary/aromatic N) is 2. The van der Waals surface area contributed by atoms with Crippen LogP contribution < -0.4 is 9.47 Å². The highest BCUT2D eigenvalue weighted by Crippen LogP contribution is 2.23. The standard InChI is InChI=1S/C25H36N2O3/c1-26(20-23-10-4-6-12-25(23)30-17-16-28)18-21-8-7-14-27(19-21)15-13-22-9-3-5-11-24(22)29-2/h3-6,9-12,21,28H,7-8,13-20H2,1-2H3. The summed E-state index contributed by atoms with van der Waals surface area (Å²) in [6.07, 6.45) is 3.58. The van der Waals surface area contributed by atoms with E-state index in [9.17, 15) is 0 Å². The van der Waals surface area contributed by atoms with Crippen LogP contribution >= 0.6 is 0 Å². The molecule has 3 rings (SSSR count). The zero-order valence-electron chi connectivity index (χ0n) is 18.4. The molecule has 30 heavy (non-hydrogen) atoms. The van der Waals surface area contributed by atoms with Crippen molar-refractivity contribution in [2.45, 2.75) is 25.8 Å². The zero-order valence-corrected chi connectivity index (χ0v) is 18.4. The van der Waals surface area contributed by atoms with Gasteiger partial charge in [-0.1, -0.05) is 36.4 Å². The summed E-state index contributed by atoms with van der Waals surface area (Å²) in [7, 11) is 3.94.